The predicted molar refractivity (Wildman–Crippen MR) is 135 cm³/mol. The second kappa shape index (κ2) is 10.4. The van der Waals surface area contributed by atoms with E-state index in [1.165, 1.54) is 28.8 Å². The van der Waals surface area contributed by atoms with Gasteiger partial charge in [-0.1, -0.05) is 29.5 Å². The molecule has 0 bridgehead atoms. The zero-order chi connectivity index (χ0) is 24.9. The topological polar surface area (TPSA) is 103 Å². The molecule has 0 aliphatic carbocycles. The van der Waals surface area contributed by atoms with Crippen molar-refractivity contribution in [2.75, 3.05) is 24.8 Å². The second-order valence-electron chi connectivity index (χ2n) is 7.72. The third-order valence-corrected chi connectivity index (χ3v) is 6.33. The van der Waals surface area contributed by atoms with Crippen molar-refractivity contribution < 1.29 is 14.5 Å². The van der Waals surface area contributed by atoms with E-state index in [4.69, 9.17) is 4.74 Å². The van der Waals surface area contributed by atoms with Gasteiger partial charge in [0.05, 0.1) is 17.8 Å². The molecule has 1 aromatic heterocycles. The fourth-order valence-corrected chi connectivity index (χ4v) is 4.25. The number of anilines is 1. The van der Waals surface area contributed by atoms with Crippen LogP contribution in [0.25, 0.3) is 17.1 Å². The largest absolute Gasteiger partial charge is 0.497 e. The number of hydrogen-bond donors (Lipinski definition) is 0. The maximum absolute atomic E-state index is 12.9. The van der Waals surface area contributed by atoms with E-state index in [1.54, 1.807) is 26.3 Å². The van der Waals surface area contributed by atoms with E-state index < -0.39 is 4.92 Å². The number of hydrogen-bond acceptors (Lipinski definition) is 7. The molecule has 0 N–H and O–H groups in total. The molecule has 0 radical (unpaired) electrons. The van der Waals surface area contributed by atoms with Crippen LogP contribution in [0.4, 0.5) is 11.4 Å². The van der Waals surface area contributed by atoms with Crippen LogP contribution >= 0.6 is 11.8 Å². The summed E-state index contributed by atoms with van der Waals surface area (Å²) >= 11 is 1.27. The first-order chi connectivity index (χ1) is 16.9. The number of aryl methyl sites for hydroxylation is 1. The monoisotopic (exact) mass is 489 g/mol. The van der Waals surface area contributed by atoms with Crippen LogP contribution in [0, 0.1) is 17.0 Å². The highest BCUT2D eigenvalue weighted by atomic mass is 32.2. The minimum Gasteiger partial charge on any atom is -0.497 e. The summed E-state index contributed by atoms with van der Waals surface area (Å²) in [5.41, 5.74) is 3.41. The second-order valence-corrected chi connectivity index (χ2v) is 8.66. The third kappa shape index (κ3) is 5.33. The molecular formula is C25H23N5O4S. The Bertz CT molecular complexity index is 1340. The number of nitro groups is 1. The van der Waals surface area contributed by atoms with Crippen LogP contribution in [0.1, 0.15) is 5.56 Å². The molecule has 0 aliphatic heterocycles. The van der Waals surface area contributed by atoms with Gasteiger partial charge in [0.1, 0.15) is 5.75 Å². The molecule has 0 saturated heterocycles. The Morgan fingerprint density at radius 3 is 2.29 bits per heavy atom. The number of ether oxygens (including phenoxy) is 1. The van der Waals surface area contributed by atoms with E-state index in [1.807, 2.05) is 60.0 Å². The predicted octanol–water partition coefficient (Wildman–Crippen LogP) is 4.91. The molecule has 35 heavy (non-hydrogen) atoms. The van der Waals surface area contributed by atoms with Crippen molar-refractivity contribution in [2.24, 2.45) is 0 Å². The van der Waals surface area contributed by atoms with Crippen LogP contribution in [-0.4, -0.2) is 45.5 Å². The Kier molecular flexibility index (Phi) is 7.11. The molecule has 178 valence electrons. The summed E-state index contributed by atoms with van der Waals surface area (Å²) in [6, 6.07) is 21.4. The van der Waals surface area contributed by atoms with Crippen LogP contribution in [-0.2, 0) is 4.79 Å². The van der Waals surface area contributed by atoms with Crippen LogP contribution < -0.4 is 9.64 Å². The number of rotatable bonds is 8. The van der Waals surface area contributed by atoms with Gasteiger partial charge >= 0.3 is 0 Å². The molecule has 10 heteroatoms. The molecule has 0 atom stereocenters. The Labute approximate surface area is 206 Å². The maximum Gasteiger partial charge on any atom is 0.269 e. The minimum absolute atomic E-state index is 0.0266. The van der Waals surface area contributed by atoms with Crippen LogP contribution in [0.3, 0.4) is 0 Å². The van der Waals surface area contributed by atoms with E-state index in [2.05, 4.69) is 10.2 Å². The highest BCUT2D eigenvalue weighted by Crippen LogP contribution is 2.30. The van der Waals surface area contributed by atoms with Gasteiger partial charge in [0.2, 0.25) is 5.91 Å². The smallest absolute Gasteiger partial charge is 0.269 e. The Morgan fingerprint density at radius 1 is 1.03 bits per heavy atom. The SMILES string of the molecule is COc1ccc(-c2nnc(SCC(=O)N(C)c3ccc([N+](=O)[O-])cc3)n2-c2ccc(C)cc2)cc1. The lowest BCUT2D eigenvalue weighted by Gasteiger charge is -2.17. The van der Waals surface area contributed by atoms with Crippen LogP contribution in [0.5, 0.6) is 5.75 Å². The summed E-state index contributed by atoms with van der Waals surface area (Å²) in [4.78, 5) is 24.7. The lowest BCUT2D eigenvalue weighted by atomic mass is 10.2. The lowest BCUT2D eigenvalue weighted by molar-refractivity contribution is -0.384. The van der Waals surface area contributed by atoms with Crippen molar-refractivity contribution >= 4 is 29.0 Å². The number of benzene rings is 3. The number of methoxy groups -OCH3 is 1. The first kappa shape index (κ1) is 24.0. The van der Waals surface area contributed by atoms with Crippen molar-refractivity contribution in [3.63, 3.8) is 0 Å². The van der Waals surface area contributed by atoms with E-state index in [9.17, 15) is 14.9 Å². The summed E-state index contributed by atoms with van der Waals surface area (Å²) in [5, 5.41) is 20.2. The fourth-order valence-electron chi connectivity index (χ4n) is 3.38. The van der Waals surface area contributed by atoms with Crippen molar-refractivity contribution in [1.29, 1.82) is 0 Å². The van der Waals surface area contributed by atoms with Crippen molar-refractivity contribution in [3.05, 3.63) is 88.5 Å². The van der Waals surface area contributed by atoms with Crippen molar-refractivity contribution in [1.82, 2.24) is 14.8 Å². The fraction of sp³-hybridized carbons (Fsp3) is 0.160. The minimum atomic E-state index is -0.472. The molecule has 9 nitrogen and oxygen atoms in total. The molecule has 1 amide bonds. The standard InChI is InChI=1S/C25H23N5O4S/c1-17-4-8-20(9-5-17)29-24(18-6-14-22(34-3)15-7-18)26-27-25(29)35-16-23(31)28(2)19-10-12-21(13-11-19)30(32)33/h4-15H,16H2,1-3H3. The molecule has 4 rings (SSSR count). The zero-order valence-corrected chi connectivity index (χ0v) is 20.2. The van der Waals surface area contributed by atoms with Gasteiger partial charge in [0.25, 0.3) is 5.69 Å². The lowest BCUT2D eigenvalue weighted by Crippen LogP contribution is -2.28. The van der Waals surface area contributed by atoms with Crippen molar-refractivity contribution in [2.45, 2.75) is 12.1 Å². The summed E-state index contributed by atoms with van der Waals surface area (Å²) in [7, 11) is 3.25. The highest BCUT2D eigenvalue weighted by molar-refractivity contribution is 7.99. The highest BCUT2D eigenvalue weighted by Gasteiger charge is 2.19. The van der Waals surface area contributed by atoms with Crippen LogP contribution in [0.2, 0.25) is 0 Å². The average Bonchev–Trinajstić information content (AvgIpc) is 3.31. The van der Waals surface area contributed by atoms with Gasteiger partial charge in [-0.2, -0.15) is 0 Å². The number of nitro benzene ring substituents is 1. The summed E-state index contributed by atoms with van der Waals surface area (Å²) < 4.78 is 7.18. The maximum atomic E-state index is 12.9. The Hall–Kier alpha value is -4.18. The number of non-ortho nitro benzene ring substituents is 1. The molecule has 0 unspecified atom stereocenters. The zero-order valence-electron chi connectivity index (χ0n) is 19.4. The molecular weight excluding hydrogens is 466 g/mol. The van der Waals surface area contributed by atoms with Gasteiger partial charge < -0.3 is 9.64 Å². The first-order valence-electron chi connectivity index (χ1n) is 10.7. The number of carbonyl (C=O) groups is 1. The summed E-state index contributed by atoms with van der Waals surface area (Å²) in [5.74, 6) is 1.33. The van der Waals surface area contributed by atoms with E-state index in [0.29, 0.717) is 16.7 Å². The van der Waals surface area contributed by atoms with E-state index in [-0.39, 0.29) is 17.3 Å². The Balaban J connectivity index is 1.59. The van der Waals surface area contributed by atoms with Crippen molar-refractivity contribution in [3.8, 4) is 22.8 Å². The van der Waals surface area contributed by atoms with Gasteiger partial charge in [0.15, 0.2) is 11.0 Å². The number of nitrogens with zero attached hydrogens (tertiary/aromatic N) is 5. The molecule has 4 aromatic rings. The van der Waals surface area contributed by atoms with Gasteiger partial charge in [-0.3, -0.25) is 19.5 Å². The molecule has 0 spiro atoms. The molecule has 0 aliphatic rings. The number of carbonyl (C=O) groups excluding carboxylic acids is 1. The molecule has 3 aromatic carbocycles. The summed E-state index contributed by atoms with van der Waals surface area (Å²) in [6.45, 7) is 2.02. The van der Waals surface area contributed by atoms with E-state index in [0.717, 1.165) is 22.6 Å². The van der Waals surface area contributed by atoms with Gasteiger partial charge in [-0.05, 0) is 55.5 Å². The van der Waals surface area contributed by atoms with Gasteiger partial charge in [-0.15, -0.1) is 10.2 Å². The van der Waals surface area contributed by atoms with Gasteiger partial charge in [0, 0.05) is 36.1 Å². The molecule has 0 fully saturated rings. The number of thioether (sulfide) groups is 1. The quantitative estimate of drug-likeness (QED) is 0.197. The number of aromatic nitrogens is 3. The third-order valence-electron chi connectivity index (χ3n) is 5.42. The van der Waals surface area contributed by atoms with Gasteiger partial charge in [-0.25, -0.2) is 0 Å². The summed E-state index contributed by atoms with van der Waals surface area (Å²) in [6.07, 6.45) is 0. The average molecular weight is 490 g/mol. The number of amides is 1. The van der Waals surface area contributed by atoms with Crippen LogP contribution in [0.15, 0.2) is 78.0 Å². The molecule has 0 saturated carbocycles. The normalized spacial score (nSPS) is 10.7. The molecule has 1 heterocycles. The van der Waals surface area contributed by atoms with E-state index >= 15 is 0 Å². The first-order valence-corrected chi connectivity index (χ1v) is 11.7. The Morgan fingerprint density at radius 2 is 1.69 bits per heavy atom.